The van der Waals surface area contributed by atoms with Gasteiger partial charge >= 0.3 is 0 Å². The van der Waals surface area contributed by atoms with E-state index >= 15 is 0 Å². The van der Waals surface area contributed by atoms with E-state index in [0.717, 1.165) is 25.1 Å². The Kier molecular flexibility index (Phi) is 3.14. The zero-order chi connectivity index (χ0) is 14.9. The third-order valence-electron chi connectivity index (χ3n) is 4.06. The minimum Gasteiger partial charge on any atom is -0.454 e. The molecule has 1 saturated heterocycles. The summed E-state index contributed by atoms with van der Waals surface area (Å²) in [6, 6.07) is 5.30. The molecular weight excluding hydrogens is 282 g/mol. The summed E-state index contributed by atoms with van der Waals surface area (Å²) in [6.45, 7) is 0.938. The zero-order valence-electron chi connectivity index (χ0n) is 11.9. The van der Waals surface area contributed by atoms with Gasteiger partial charge in [0.25, 0.3) is 5.91 Å². The first kappa shape index (κ1) is 13.1. The highest BCUT2D eigenvalue weighted by molar-refractivity contribution is 5.95. The number of aromatic nitrogens is 2. The first-order chi connectivity index (χ1) is 10.8. The Labute approximate surface area is 127 Å². The zero-order valence-corrected chi connectivity index (χ0v) is 11.9. The molecular formula is C16H15N3O3. The van der Waals surface area contributed by atoms with Crippen LogP contribution >= 0.6 is 0 Å². The molecule has 0 aliphatic carbocycles. The highest BCUT2D eigenvalue weighted by atomic mass is 16.7. The van der Waals surface area contributed by atoms with Crippen LogP contribution in [0.1, 0.15) is 34.9 Å². The Balaban J connectivity index is 1.62. The molecule has 4 rings (SSSR count). The van der Waals surface area contributed by atoms with E-state index in [-0.39, 0.29) is 18.7 Å². The molecule has 0 saturated carbocycles. The van der Waals surface area contributed by atoms with Crippen LogP contribution in [0.2, 0.25) is 0 Å². The number of fused-ring (bicyclic) bond motifs is 1. The van der Waals surface area contributed by atoms with Crippen LogP contribution in [0.15, 0.2) is 36.8 Å². The molecule has 2 aliphatic heterocycles. The SMILES string of the molecule is O=C(c1ccc2c(c1)OCO2)N1CCC[C@@H]1c1cnccn1. The molecule has 1 amide bonds. The van der Waals surface area contributed by atoms with Gasteiger partial charge < -0.3 is 14.4 Å². The van der Waals surface area contributed by atoms with Crippen LogP contribution in [0.5, 0.6) is 11.5 Å². The summed E-state index contributed by atoms with van der Waals surface area (Å²) in [5, 5.41) is 0. The maximum atomic E-state index is 12.8. The molecule has 1 aromatic carbocycles. The van der Waals surface area contributed by atoms with Gasteiger partial charge in [-0.25, -0.2) is 0 Å². The van der Waals surface area contributed by atoms with Crippen LogP contribution in [0.4, 0.5) is 0 Å². The maximum Gasteiger partial charge on any atom is 0.254 e. The first-order valence-corrected chi connectivity index (χ1v) is 7.29. The van der Waals surface area contributed by atoms with Crippen LogP contribution in [0.25, 0.3) is 0 Å². The maximum absolute atomic E-state index is 12.8. The lowest BCUT2D eigenvalue weighted by molar-refractivity contribution is 0.0732. The third kappa shape index (κ3) is 2.16. The molecule has 22 heavy (non-hydrogen) atoms. The van der Waals surface area contributed by atoms with Gasteiger partial charge in [0.2, 0.25) is 6.79 Å². The molecule has 6 heteroatoms. The monoisotopic (exact) mass is 297 g/mol. The Hall–Kier alpha value is -2.63. The highest BCUT2D eigenvalue weighted by Crippen LogP contribution is 2.35. The number of amides is 1. The summed E-state index contributed by atoms with van der Waals surface area (Å²) in [7, 11) is 0. The summed E-state index contributed by atoms with van der Waals surface area (Å²) < 4.78 is 10.6. The van der Waals surface area contributed by atoms with Crippen molar-refractivity contribution in [3.63, 3.8) is 0 Å². The van der Waals surface area contributed by atoms with Crippen molar-refractivity contribution < 1.29 is 14.3 Å². The summed E-state index contributed by atoms with van der Waals surface area (Å²) >= 11 is 0. The van der Waals surface area contributed by atoms with Gasteiger partial charge in [0.15, 0.2) is 11.5 Å². The number of likely N-dealkylation sites (tertiary alicyclic amines) is 1. The van der Waals surface area contributed by atoms with Crippen molar-refractivity contribution in [1.82, 2.24) is 14.9 Å². The predicted octanol–water partition coefficient (Wildman–Crippen LogP) is 2.18. The quantitative estimate of drug-likeness (QED) is 0.850. The normalized spacial score (nSPS) is 19.5. The van der Waals surface area contributed by atoms with E-state index in [1.807, 2.05) is 4.90 Å². The van der Waals surface area contributed by atoms with Crippen molar-refractivity contribution in [1.29, 1.82) is 0 Å². The van der Waals surface area contributed by atoms with Gasteiger partial charge in [-0.05, 0) is 31.0 Å². The van der Waals surface area contributed by atoms with E-state index in [2.05, 4.69) is 9.97 Å². The fourth-order valence-corrected chi connectivity index (χ4v) is 3.00. The van der Waals surface area contributed by atoms with Gasteiger partial charge in [0.05, 0.1) is 17.9 Å². The van der Waals surface area contributed by atoms with Crippen LogP contribution in [0.3, 0.4) is 0 Å². The van der Waals surface area contributed by atoms with Crippen molar-refractivity contribution >= 4 is 5.91 Å². The molecule has 112 valence electrons. The van der Waals surface area contributed by atoms with Gasteiger partial charge in [-0.2, -0.15) is 0 Å². The minimum absolute atomic E-state index is 0.00776. The Bertz CT molecular complexity index is 705. The highest BCUT2D eigenvalue weighted by Gasteiger charge is 2.32. The number of hydrogen-bond acceptors (Lipinski definition) is 5. The number of ether oxygens (including phenoxy) is 2. The number of nitrogens with zero attached hydrogens (tertiary/aromatic N) is 3. The molecule has 1 atom stereocenters. The van der Waals surface area contributed by atoms with Crippen molar-refractivity contribution in [2.24, 2.45) is 0 Å². The van der Waals surface area contributed by atoms with Crippen molar-refractivity contribution in [2.75, 3.05) is 13.3 Å². The van der Waals surface area contributed by atoms with Crippen molar-refractivity contribution in [2.45, 2.75) is 18.9 Å². The van der Waals surface area contributed by atoms with Crippen LogP contribution in [-0.4, -0.2) is 34.1 Å². The summed E-state index contributed by atoms with van der Waals surface area (Å²) in [6.07, 6.45) is 6.92. The lowest BCUT2D eigenvalue weighted by Gasteiger charge is -2.24. The largest absolute Gasteiger partial charge is 0.454 e. The van der Waals surface area contributed by atoms with Crippen molar-refractivity contribution in [3.05, 3.63) is 48.0 Å². The minimum atomic E-state index is -0.00791. The Morgan fingerprint density at radius 2 is 2.14 bits per heavy atom. The first-order valence-electron chi connectivity index (χ1n) is 7.29. The van der Waals surface area contributed by atoms with E-state index in [1.165, 1.54) is 0 Å². The molecule has 6 nitrogen and oxygen atoms in total. The Morgan fingerprint density at radius 3 is 3.00 bits per heavy atom. The van der Waals surface area contributed by atoms with Crippen molar-refractivity contribution in [3.8, 4) is 11.5 Å². The van der Waals surface area contributed by atoms with E-state index in [9.17, 15) is 4.79 Å². The molecule has 0 bridgehead atoms. The van der Waals surface area contributed by atoms with Gasteiger partial charge in [-0.15, -0.1) is 0 Å². The van der Waals surface area contributed by atoms with E-state index in [0.29, 0.717) is 17.1 Å². The number of benzene rings is 1. The molecule has 2 aliphatic rings. The van der Waals surface area contributed by atoms with Gasteiger partial charge in [0, 0.05) is 24.5 Å². The van der Waals surface area contributed by atoms with Crippen LogP contribution in [-0.2, 0) is 0 Å². The fourth-order valence-electron chi connectivity index (χ4n) is 3.00. The van der Waals surface area contributed by atoms with Gasteiger partial charge in [-0.1, -0.05) is 0 Å². The molecule has 1 aromatic heterocycles. The van der Waals surface area contributed by atoms with E-state index in [4.69, 9.17) is 9.47 Å². The molecule has 0 N–H and O–H groups in total. The summed E-state index contributed by atoms with van der Waals surface area (Å²) in [5.41, 5.74) is 1.45. The topological polar surface area (TPSA) is 64.6 Å². The fraction of sp³-hybridized carbons (Fsp3) is 0.312. The van der Waals surface area contributed by atoms with Crippen LogP contribution < -0.4 is 9.47 Å². The lowest BCUT2D eigenvalue weighted by atomic mass is 10.1. The predicted molar refractivity (Wildman–Crippen MR) is 77.6 cm³/mol. The molecule has 2 aromatic rings. The molecule has 3 heterocycles. The van der Waals surface area contributed by atoms with E-state index in [1.54, 1.807) is 36.8 Å². The third-order valence-corrected chi connectivity index (χ3v) is 4.06. The lowest BCUT2D eigenvalue weighted by Crippen LogP contribution is -2.31. The second kappa shape index (κ2) is 5.29. The standard InChI is InChI=1S/C16H15N3O3/c20-16(11-3-4-14-15(8-11)22-10-21-14)19-7-1-2-13(19)12-9-17-5-6-18-12/h3-6,8-9,13H,1-2,7,10H2/t13-/m1/s1. The van der Waals surface area contributed by atoms with Gasteiger partial charge in [-0.3, -0.25) is 14.8 Å². The number of carbonyl (C=O) groups is 1. The smallest absolute Gasteiger partial charge is 0.254 e. The average molecular weight is 297 g/mol. The number of hydrogen-bond donors (Lipinski definition) is 0. The number of rotatable bonds is 2. The summed E-state index contributed by atoms with van der Waals surface area (Å²) in [4.78, 5) is 23.1. The van der Waals surface area contributed by atoms with Crippen LogP contribution in [0, 0.1) is 0 Å². The molecule has 0 spiro atoms. The van der Waals surface area contributed by atoms with E-state index < -0.39 is 0 Å². The molecule has 0 unspecified atom stereocenters. The number of carbonyl (C=O) groups excluding carboxylic acids is 1. The second-order valence-electron chi connectivity index (χ2n) is 5.35. The average Bonchev–Trinajstić information content (AvgIpc) is 3.23. The molecule has 0 radical (unpaired) electrons. The van der Waals surface area contributed by atoms with Gasteiger partial charge in [0.1, 0.15) is 0 Å². The molecule has 1 fully saturated rings. The second-order valence-corrected chi connectivity index (χ2v) is 5.35. The Morgan fingerprint density at radius 1 is 1.23 bits per heavy atom. The summed E-state index contributed by atoms with van der Waals surface area (Å²) in [5.74, 6) is 1.30.